The average Bonchev–Trinajstić information content (AvgIpc) is 3.26. The smallest absolute Gasteiger partial charge is 0.240 e. The lowest BCUT2D eigenvalue weighted by Gasteiger charge is -2.25. The number of hydrogen-bond donors (Lipinski definition) is 1. The maximum absolute atomic E-state index is 13.8. The van der Waals surface area contributed by atoms with Gasteiger partial charge < -0.3 is 14.8 Å². The molecule has 0 saturated carbocycles. The number of fused-ring (bicyclic) bond motifs is 1. The van der Waals surface area contributed by atoms with Crippen molar-refractivity contribution in [2.45, 2.75) is 44.8 Å². The van der Waals surface area contributed by atoms with Crippen LogP contribution in [0.2, 0.25) is 0 Å². The number of rotatable bonds is 9. The van der Waals surface area contributed by atoms with Crippen LogP contribution >= 0.6 is 11.8 Å². The third kappa shape index (κ3) is 6.15. The number of para-hydroxylation sites is 1. The first-order valence-corrected chi connectivity index (χ1v) is 14.3. The Hall–Kier alpha value is -3.30. The number of carbonyl (C=O) groups is 2. The van der Waals surface area contributed by atoms with Crippen molar-refractivity contribution >= 4 is 29.4 Å². The number of anilines is 1. The molecule has 0 radical (unpaired) electrons. The van der Waals surface area contributed by atoms with E-state index in [0.29, 0.717) is 19.0 Å². The lowest BCUT2D eigenvalue weighted by atomic mass is 9.87. The van der Waals surface area contributed by atoms with Crippen LogP contribution in [0.5, 0.6) is 5.75 Å². The van der Waals surface area contributed by atoms with Crippen molar-refractivity contribution < 1.29 is 19.1 Å². The van der Waals surface area contributed by atoms with Gasteiger partial charge in [0.05, 0.1) is 36.1 Å². The fourth-order valence-corrected chi connectivity index (χ4v) is 5.99. The van der Waals surface area contributed by atoms with Crippen LogP contribution in [0.4, 0.5) is 5.82 Å². The van der Waals surface area contributed by atoms with Crippen molar-refractivity contribution in [2.75, 3.05) is 44.6 Å². The maximum Gasteiger partial charge on any atom is 0.240 e. The van der Waals surface area contributed by atoms with E-state index in [1.807, 2.05) is 47.1 Å². The minimum Gasteiger partial charge on any atom is -0.497 e. The Balaban J connectivity index is 1.97. The largest absolute Gasteiger partial charge is 0.497 e. The first-order chi connectivity index (χ1) is 18.7. The van der Waals surface area contributed by atoms with Gasteiger partial charge in [-0.2, -0.15) is 5.10 Å². The molecule has 1 aromatic heterocycles. The Bertz CT molecular complexity index is 1310. The molecule has 1 aliphatic heterocycles. The van der Waals surface area contributed by atoms with Gasteiger partial charge in [0.2, 0.25) is 11.8 Å². The average molecular weight is 551 g/mol. The van der Waals surface area contributed by atoms with Crippen LogP contribution in [0.25, 0.3) is 5.69 Å². The van der Waals surface area contributed by atoms with Gasteiger partial charge in [-0.25, -0.2) is 4.68 Å². The Labute approximate surface area is 235 Å². The van der Waals surface area contributed by atoms with E-state index in [9.17, 15) is 9.59 Å². The molecule has 0 bridgehead atoms. The van der Waals surface area contributed by atoms with Crippen molar-refractivity contribution in [3.63, 3.8) is 0 Å². The molecule has 9 heteroatoms. The summed E-state index contributed by atoms with van der Waals surface area (Å²) in [6, 6.07) is 16.1. The second kappa shape index (κ2) is 12.3. The Morgan fingerprint density at radius 2 is 1.85 bits per heavy atom. The highest BCUT2D eigenvalue weighted by molar-refractivity contribution is 8.00. The molecule has 2 amide bonds. The fraction of sp³-hybridized carbons (Fsp3) is 0.433. The summed E-state index contributed by atoms with van der Waals surface area (Å²) >= 11 is 1.57. The number of carbonyl (C=O) groups excluding carboxylic acids is 2. The number of hydrogen-bond acceptors (Lipinski definition) is 6. The van der Waals surface area contributed by atoms with Gasteiger partial charge in [0, 0.05) is 24.6 Å². The lowest BCUT2D eigenvalue weighted by molar-refractivity contribution is -0.123. The van der Waals surface area contributed by atoms with Gasteiger partial charge in [-0.1, -0.05) is 58.0 Å². The highest BCUT2D eigenvalue weighted by atomic mass is 32.2. The summed E-state index contributed by atoms with van der Waals surface area (Å²) in [6.07, 6.45) is 0.803. The highest BCUT2D eigenvalue weighted by Crippen LogP contribution is 2.48. The molecule has 3 aromatic rings. The minimum atomic E-state index is -0.318. The molecule has 1 aliphatic rings. The summed E-state index contributed by atoms with van der Waals surface area (Å²) in [7, 11) is 3.24. The summed E-state index contributed by atoms with van der Waals surface area (Å²) in [5.41, 5.74) is 4.61. The number of benzene rings is 2. The van der Waals surface area contributed by atoms with E-state index in [2.05, 4.69) is 39.1 Å². The molecule has 0 unspecified atom stereocenters. The summed E-state index contributed by atoms with van der Waals surface area (Å²) in [5, 5.41) is 7.90. The summed E-state index contributed by atoms with van der Waals surface area (Å²) in [4.78, 5) is 28.4. The number of ether oxygens (including phenoxy) is 2. The number of nitrogens with one attached hydrogen (secondary N) is 1. The number of nitrogens with zero attached hydrogens (tertiary/aromatic N) is 3. The van der Waals surface area contributed by atoms with Crippen molar-refractivity contribution in [2.24, 2.45) is 0 Å². The topological polar surface area (TPSA) is 85.7 Å². The quantitative estimate of drug-likeness (QED) is 0.390. The van der Waals surface area contributed by atoms with Crippen LogP contribution in [-0.2, 0) is 26.2 Å². The van der Waals surface area contributed by atoms with Gasteiger partial charge in [0.25, 0.3) is 0 Å². The predicted octanol–water partition coefficient (Wildman–Crippen LogP) is 4.67. The van der Waals surface area contributed by atoms with Crippen molar-refractivity contribution in [3.8, 4) is 11.4 Å². The SMILES string of the molecule is CCc1ccccc1-n1nc(C(C)(C)C)c2c1N(CC(=O)NCCOC)C(=O)CS[C@@H]2c1ccc(OC)cc1. The minimum absolute atomic E-state index is 0.102. The number of aryl methyl sites for hydroxylation is 1. The van der Waals surface area contributed by atoms with Gasteiger partial charge in [-0.3, -0.25) is 14.5 Å². The van der Waals surface area contributed by atoms with E-state index < -0.39 is 0 Å². The zero-order valence-electron chi connectivity index (χ0n) is 23.6. The molecule has 0 aliphatic carbocycles. The fourth-order valence-electron chi connectivity index (χ4n) is 4.79. The molecule has 0 fully saturated rings. The molecule has 208 valence electrons. The zero-order valence-corrected chi connectivity index (χ0v) is 24.4. The highest BCUT2D eigenvalue weighted by Gasteiger charge is 2.40. The maximum atomic E-state index is 13.8. The van der Waals surface area contributed by atoms with Gasteiger partial charge in [-0.15, -0.1) is 11.8 Å². The molecule has 1 atom stereocenters. The van der Waals surface area contributed by atoms with Crippen molar-refractivity contribution in [1.29, 1.82) is 0 Å². The third-order valence-electron chi connectivity index (χ3n) is 6.75. The van der Waals surface area contributed by atoms with E-state index in [-0.39, 0.29) is 34.8 Å². The normalized spacial score (nSPS) is 15.6. The molecule has 2 heterocycles. The van der Waals surface area contributed by atoms with Crippen LogP contribution in [0.15, 0.2) is 48.5 Å². The predicted molar refractivity (Wildman–Crippen MR) is 156 cm³/mol. The number of methoxy groups -OCH3 is 2. The summed E-state index contributed by atoms with van der Waals surface area (Å²) in [6.45, 7) is 9.18. The van der Waals surface area contributed by atoms with Crippen LogP contribution in [0, 0.1) is 0 Å². The van der Waals surface area contributed by atoms with E-state index in [4.69, 9.17) is 14.6 Å². The van der Waals surface area contributed by atoms with Gasteiger partial charge in [-0.05, 0) is 35.7 Å². The van der Waals surface area contributed by atoms with Gasteiger partial charge in [0.1, 0.15) is 18.1 Å². The van der Waals surface area contributed by atoms with Crippen LogP contribution < -0.4 is 15.0 Å². The van der Waals surface area contributed by atoms with Crippen molar-refractivity contribution in [3.05, 3.63) is 70.9 Å². The second-order valence-electron chi connectivity index (χ2n) is 10.5. The van der Waals surface area contributed by atoms with Gasteiger partial charge in [0.15, 0.2) is 0 Å². The first kappa shape index (κ1) is 28.7. The Morgan fingerprint density at radius 3 is 2.49 bits per heavy atom. The molecular formula is C30H38N4O4S. The van der Waals surface area contributed by atoms with E-state index >= 15 is 0 Å². The van der Waals surface area contributed by atoms with Crippen LogP contribution in [0.1, 0.15) is 55.3 Å². The molecule has 2 aromatic carbocycles. The summed E-state index contributed by atoms with van der Waals surface area (Å²) in [5.74, 6) is 1.28. The monoisotopic (exact) mass is 550 g/mol. The zero-order chi connectivity index (χ0) is 28.2. The van der Waals surface area contributed by atoms with E-state index in [0.717, 1.165) is 40.2 Å². The van der Waals surface area contributed by atoms with Crippen molar-refractivity contribution in [1.82, 2.24) is 15.1 Å². The first-order valence-electron chi connectivity index (χ1n) is 13.2. The van der Waals surface area contributed by atoms with Gasteiger partial charge >= 0.3 is 0 Å². The Morgan fingerprint density at radius 1 is 1.13 bits per heavy atom. The van der Waals surface area contributed by atoms with Crippen LogP contribution in [-0.4, -0.2) is 61.3 Å². The third-order valence-corrected chi connectivity index (χ3v) is 8.00. The van der Waals surface area contributed by atoms with E-state index in [1.54, 1.807) is 30.9 Å². The molecular weight excluding hydrogens is 512 g/mol. The number of amides is 2. The molecule has 4 rings (SSSR count). The molecule has 0 spiro atoms. The van der Waals surface area contributed by atoms with E-state index in [1.165, 1.54) is 0 Å². The number of thioether (sulfide) groups is 1. The molecule has 1 N–H and O–H groups in total. The molecule has 8 nitrogen and oxygen atoms in total. The van der Waals surface area contributed by atoms with Crippen LogP contribution in [0.3, 0.4) is 0 Å². The second-order valence-corrected chi connectivity index (χ2v) is 11.6. The molecule has 0 saturated heterocycles. The lowest BCUT2D eigenvalue weighted by Crippen LogP contribution is -2.43. The standard InChI is InChI=1S/C30H38N4O4S/c1-7-20-10-8-9-11-23(20)34-29-26(28(32-34)30(2,3)4)27(21-12-14-22(38-6)15-13-21)39-19-25(36)33(29)18-24(35)31-16-17-37-5/h8-15,27H,7,16-19H2,1-6H3,(H,31,35)/t27-/m1/s1. The number of aromatic nitrogens is 2. The summed E-state index contributed by atoms with van der Waals surface area (Å²) < 4.78 is 12.4. The molecule has 39 heavy (non-hydrogen) atoms. The Kier molecular flexibility index (Phi) is 9.02.